The van der Waals surface area contributed by atoms with E-state index < -0.39 is 12.0 Å². The van der Waals surface area contributed by atoms with Crippen molar-refractivity contribution in [2.75, 3.05) is 12.4 Å². The fourth-order valence-electron chi connectivity index (χ4n) is 1.39. The Hall–Kier alpha value is -1.37. The minimum Gasteiger partial charge on any atom is -0.480 e. The molecule has 0 unspecified atom stereocenters. The summed E-state index contributed by atoms with van der Waals surface area (Å²) in [5.74, 6) is -0.292. The molecule has 0 aromatic carbocycles. The van der Waals surface area contributed by atoms with Crippen LogP contribution in [0.25, 0.3) is 0 Å². The van der Waals surface area contributed by atoms with Crippen molar-refractivity contribution in [3.63, 3.8) is 0 Å². The minimum absolute atomic E-state index is 0.249. The number of carboxylic acids is 1. The van der Waals surface area contributed by atoms with Gasteiger partial charge in [-0.05, 0) is 22.4 Å². The van der Waals surface area contributed by atoms with Gasteiger partial charge in [-0.15, -0.1) is 0 Å². The number of hydrogen-bond donors (Lipinski definition) is 2. The maximum Gasteiger partial charge on any atom is 0.326 e. The zero-order chi connectivity index (χ0) is 13.5. The summed E-state index contributed by atoms with van der Waals surface area (Å²) < 4.78 is 5.64. The molecule has 0 saturated heterocycles. The van der Waals surface area contributed by atoms with E-state index in [0.717, 1.165) is 12.8 Å². The third kappa shape index (κ3) is 4.14. The first-order chi connectivity index (χ1) is 8.58. The van der Waals surface area contributed by atoms with E-state index in [1.807, 2.05) is 6.92 Å². The molecule has 0 saturated carbocycles. The highest BCUT2D eigenvalue weighted by Gasteiger charge is 2.18. The Balaban J connectivity index is 2.77. The molecule has 1 rings (SSSR count). The summed E-state index contributed by atoms with van der Waals surface area (Å²) in [6, 6.07) is -0.684. The number of nitrogens with one attached hydrogen (secondary N) is 1. The van der Waals surface area contributed by atoms with Crippen LogP contribution in [0.2, 0.25) is 0 Å². The van der Waals surface area contributed by atoms with Gasteiger partial charge >= 0.3 is 5.97 Å². The molecule has 6 nitrogen and oxygen atoms in total. The number of ether oxygens (including phenoxy) is 1. The van der Waals surface area contributed by atoms with E-state index in [-0.39, 0.29) is 5.95 Å². The Morgan fingerprint density at radius 3 is 2.94 bits per heavy atom. The van der Waals surface area contributed by atoms with E-state index in [1.54, 1.807) is 0 Å². The molecule has 100 valence electrons. The fourth-order valence-corrected chi connectivity index (χ4v) is 1.74. The van der Waals surface area contributed by atoms with Crippen molar-refractivity contribution < 1.29 is 14.6 Å². The summed E-state index contributed by atoms with van der Waals surface area (Å²) in [5.41, 5.74) is 0. The van der Waals surface area contributed by atoms with Gasteiger partial charge in [-0.3, -0.25) is 0 Å². The van der Waals surface area contributed by atoms with Gasteiger partial charge in [0.2, 0.25) is 11.8 Å². The molecular weight excluding hydrogens is 302 g/mol. The van der Waals surface area contributed by atoms with E-state index >= 15 is 0 Å². The summed E-state index contributed by atoms with van der Waals surface area (Å²) in [5, 5.41) is 11.9. The first-order valence-electron chi connectivity index (χ1n) is 5.64. The molecule has 2 N–H and O–H groups in total. The Labute approximate surface area is 114 Å². The first kappa shape index (κ1) is 14.7. The molecular formula is C11H16BrN3O3. The monoisotopic (exact) mass is 317 g/mol. The van der Waals surface area contributed by atoms with Gasteiger partial charge in [0.25, 0.3) is 0 Å². The summed E-state index contributed by atoms with van der Waals surface area (Å²) in [6.07, 6.45) is 3.83. The molecule has 18 heavy (non-hydrogen) atoms. The largest absolute Gasteiger partial charge is 0.480 e. The van der Waals surface area contributed by atoms with Crippen molar-refractivity contribution in [3.8, 4) is 5.88 Å². The van der Waals surface area contributed by atoms with Crippen LogP contribution < -0.4 is 10.1 Å². The first-order valence-corrected chi connectivity index (χ1v) is 6.43. The molecule has 0 aliphatic carbocycles. The van der Waals surface area contributed by atoms with E-state index in [2.05, 4.69) is 31.2 Å². The average molecular weight is 318 g/mol. The van der Waals surface area contributed by atoms with Crippen molar-refractivity contribution in [2.45, 2.75) is 32.2 Å². The highest BCUT2D eigenvalue weighted by molar-refractivity contribution is 9.10. The predicted molar refractivity (Wildman–Crippen MR) is 70.9 cm³/mol. The minimum atomic E-state index is -0.908. The highest BCUT2D eigenvalue weighted by atomic mass is 79.9. The normalized spacial score (nSPS) is 11.9. The predicted octanol–water partition coefficient (Wildman–Crippen LogP) is 2.30. The lowest BCUT2D eigenvalue weighted by Crippen LogP contribution is -2.30. The van der Waals surface area contributed by atoms with Crippen molar-refractivity contribution in [1.82, 2.24) is 9.97 Å². The topological polar surface area (TPSA) is 84.3 Å². The van der Waals surface area contributed by atoms with Crippen molar-refractivity contribution >= 4 is 27.8 Å². The summed E-state index contributed by atoms with van der Waals surface area (Å²) in [7, 11) is 1.49. The molecule has 1 aromatic rings. The molecule has 0 aliphatic rings. The standard InChI is InChI=1S/C11H16BrN3O3/c1-3-4-5-8(10(16)17)14-11-13-6-7(12)9(15-11)18-2/h6,8H,3-5H2,1-2H3,(H,16,17)(H,13,14,15)/t8-/m0/s1. The molecule has 1 heterocycles. The van der Waals surface area contributed by atoms with E-state index in [0.29, 0.717) is 16.8 Å². The van der Waals surface area contributed by atoms with Crippen molar-refractivity contribution in [1.29, 1.82) is 0 Å². The molecule has 1 aromatic heterocycles. The number of aromatic nitrogens is 2. The number of hydrogen-bond acceptors (Lipinski definition) is 5. The Kier molecular flexibility index (Phi) is 5.84. The molecule has 0 aliphatic heterocycles. The zero-order valence-electron chi connectivity index (χ0n) is 10.3. The fraction of sp³-hybridized carbons (Fsp3) is 0.545. The van der Waals surface area contributed by atoms with E-state index in [9.17, 15) is 4.79 Å². The Morgan fingerprint density at radius 2 is 2.39 bits per heavy atom. The number of unbranched alkanes of at least 4 members (excludes halogenated alkanes) is 1. The van der Waals surface area contributed by atoms with Gasteiger partial charge in [-0.1, -0.05) is 19.8 Å². The maximum atomic E-state index is 11.1. The summed E-state index contributed by atoms with van der Waals surface area (Å²) in [4.78, 5) is 19.1. The van der Waals surface area contributed by atoms with Crippen LogP contribution in [0.4, 0.5) is 5.95 Å². The van der Waals surface area contributed by atoms with Gasteiger partial charge in [-0.25, -0.2) is 9.78 Å². The van der Waals surface area contributed by atoms with E-state index in [1.165, 1.54) is 13.3 Å². The second kappa shape index (κ2) is 7.15. The highest BCUT2D eigenvalue weighted by Crippen LogP contribution is 2.22. The quantitative estimate of drug-likeness (QED) is 0.802. The molecule has 0 amide bonds. The SMILES string of the molecule is CCCC[C@H](Nc1ncc(Br)c(OC)n1)C(=O)O. The van der Waals surface area contributed by atoms with Crippen molar-refractivity contribution in [3.05, 3.63) is 10.7 Å². The second-order valence-corrected chi connectivity index (χ2v) is 4.58. The van der Waals surface area contributed by atoms with E-state index in [4.69, 9.17) is 9.84 Å². The number of carboxylic acid groups (broad SMARTS) is 1. The lowest BCUT2D eigenvalue weighted by Gasteiger charge is -2.14. The molecule has 1 atom stereocenters. The van der Waals surface area contributed by atoms with Crippen LogP contribution in [-0.2, 0) is 4.79 Å². The van der Waals surface area contributed by atoms with Gasteiger partial charge < -0.3 is 15.2 Å². The van der Waals surface area contributed by atoms with Gasteiger partial charge in [0.15, 0.2) is 0 Å². The Bertz CT molecular complexity index is 415. The Morgan fingerprint density at radius 1 is 1.67 bits per heavy atom. The molecule has 0 bridgehead atoms. The maximum absolute atomic E-state index is 11.1. The number of anilines is 1. The molecule has 0 radical (unpaired) electrons. The second-order valence-electron chi connectivity index (χ2n) is 3.73. The summed E-state index contributed by atoms with van der Waals surface area (Å²) in [6.45, 7) is 2.01. The number of carbonyl (C=O) groups is 1. The van der Waals surface area contributed by atoms with Gasteiger partial charge in [-0.2, -0.15) is 4.98 Å². The van der Waals surface area contributed by atoms with Crippen LogP contribution in [0.3, 0.4) is 0 Å². The van der Waals surface area contributed by atoms with Gasteiger partial charge in [0.1, 0.15) is 6.04 Å². The molecule has 0 spiro atoms. The van der Waals surface area contributed by atoms with Gasteiger partial charge in [0, 0.05) is 0 Å². The van der Waals surface area contributed by atoms with Crippen LogP contribution in [0, 0.1) is 0 Å². The van der Waals surface area contributed by atoms with Crippen LogP contribution >= 0.6 is 15.9 Å². The molecule has 7 heteroatoms. The lowest BCUT2D eigenvalue weighted by molar-refractivity contribution is -0.138. The van der Waals surface area contributed by atoms with Gasteiger partial charge in [0.05, 0.1) is 17.8 Å². The van der Waals surface area contributed by atoms with Crippen LogP contribution in [0.1, 0.15) is 26.2 Å². The van der Waals surface area contributed by atoms with Crippen LogP contribution in [0.5, 0.6) is 5.88 Å². The smallest absolute Gasteiger partial charge is 0.326 e. The number of methoxy groups -OCH3 is 1. The zero-order valence-corrected chi connectivity index (χ0v) is 11.9. The third-order valence-corrected chi connectivity index (χ3v) is 2.90. The average Bonchev–Trinajstić information content (AvgIpc) is 2.36. The number of nitrogens with zero attached hydrogens (tertiary/aromatic N) is 2. The number of aliphatic carboxylic acids is 1. The number of halogens is 1. The van der Waals surface area contributed by atoms with Crippen LogP contribution in [-0.4, -0.2) is 34.2 Å². The summed E-state index contributed by atoms with van der Waals surface area (Å²) >= 11 is 3.23. The van der Waals surface area contributed by atoms with Crippen molar-refractivity contribution in [2.24, 2.45) is 0 Å². The lowest BCUT2D eigenvalue weighted by atomic mass is 10.1. The van der Waals surface area contributed by atoms with Crippen LogP contribution in [0.15, 0.2) is 10.7 Å². The number of rotatable bonds is 7. The molecule has 0 fully saturated rings. The third-order valence-electron chi connectivity index (χ3n) is 2.35.